The maximum absolute atomic E-state index is 12.1. The van der Waals surface area contributed by atoms with Gasteiger partial charge in [0.1, 0.15) is 18.7 Å². The molecule has 2 N–H and O–H groups in total. The second-order valence-electron chi connectivity index (χ2n) is 6.45. The van der Waals surface area contributed by atoms with E-state index >= 15 is 0 Å². The van der Waals surface area contributed by atoms with Crippen molar-refractivity contribution in [3.05, 3.63) is 35.9 Å². The molecule has 1 aromatic rings. The third kappa shape index (κ3) is 3.42. The van der Waals surface area contributed by atoms with Crippen LogP contribution in [0.1, 0.15) is 26.3 Å². The summed E-state index contributed by atoms with van der Waals surface area (Å²) in [6.45, 7) is 6.01. The standard InChI is InChI=1S/C16H21NO4/c1-16(2,3)11-12(14(18)19)17-13(11)15(20)21-9-10-7-5-4-6-8-10/h4-8,11-13,17H,9H2,1-3H3,(H,18,19). The number of esters is 1. The van der Waals surface area contributed by atoms with E-state index in [4.69, 9.17) is 9.84 Å². The van der Waals surface area contributed by atoms with Gasteiger partial charge in [0.25, 0.3) is 0 Å². The lowest BCUT2D eigenvalue weighted by molar-refractivity contribution is -0.163. The van der Waals surface area contributed by atoms with Crippen molar-refractivity contribution in [2.45, 2.75) is 39.5 Å². The van der Waals surface area contributed by atoms with Crippen LogP contribution in [-0.4, -0.2) is 29.1 Å². The van der Waals surface area contributed by atoms with E-state index in [0.717, 1.165) is 5.56 Å². The van der Waals surface area contributed by atoms with Crippen molar-refractivity contribution in [2.75, 3.05) is 0 Å². The van der Waals surface area contributed by atoms with Gasteiger partial charge in [-0.25, -0.2) is 0 Å². The summed E-state index contributed by atoms with van der Waals surface area (Å²) < 4.78 is 5.29. The second kappa shape index (κ2) is 5.85. The number of carboxylic acid groups (broad SMARTS) is 1. The van der Waals surface area contributed by atoms with Gasteiger partial charge in [0.05, 0.1) is 0 Å². The molecule has 0 aromatic heterocycles. The lowest BCUT2D eigenvalue weighted by Crippen LogP contribution is -2.71. The van der Waals surface area contributed by atoms with Crippen molar-refractivity contribution >= 4 is 11.9 Å². The first-order valence-electron chi connectivity index (χ1n) is 7.00. The van der Waals surface area contributed by atoms with Crippen molar-refractivity contribution in [3.63, 3.8) is 0 Å². The summed E-state index contributed by atoms with van der Waals surface area (Å²) in [6.07, 6.45) is 0. The summed E-state index contributed by atoms with van der Waals surface area (Å²) in [4.78, 5) is 23.3. The number of hydrogen-bond donors (Lipinski definition) is 2. The Labute approximate surface area is 124 Å². The van der Waals surface area contributed by atoms with Gasteiger partial charge < -0.3 is 9.84 Å². The van der Waals surface area contributed by atoms with Crippen LogP contribution in [0.25, 0.3) is 0 Å². The van der Waals surface area contributed by atoms with Crippen LogP contribution in [0.2, 0.25) is 0 Å². The van der Waals surface area contributed by atoms with Crippen LogP contribution in [0.5, 0.6) is 0 Å². The van der Waals surface area contributed by atoms with Gasteiger partial charge in [-0.2, -0.15) is 0 Å². The monoisotopic (exact) mass is 291 g/mol. The lowest BCUT2D eigenvalue weighted by Gasteiger charge is -2.48. The topological polar surface area (TPSA) is 75.6 Å². The van der Waals surface area contributed by atoms with Gasteiger partial charge in [-0.05, 0) is 11.0 Å². The highest BCUT2D eigenvalue weighted by atomic mass is 16.5. The van der Waals surface area contributed by atoms with E-state index in [1.807, 2.05) is 51.1 Å². The van der Waals surface area contributed by atoms with E-state index in [1.165, 1.54) is 0 Å². The Morgan fingerprint density at radius 3 is 2.33 bits per heavy atom. The summed E-state index contributed by atoms with van der Waals surface area (Å²) in [5.74, 6) is -1.60. The van der Waals surface area contributed by atoms with Gasteiger partial charge in [0.2, 0.25) is 0 Å². The highest BCUT2D eigenvalue weighted by Crippen LogP contribution is 2.38. The number of hydrogen-bond acceptors (Lipinski definition) is 4. The quantitative estimate of drug-likeness (QED) is 0.828. The van der Waals surface area contributed by atoms with Gasteiger partial charge >= 0.3 is 11.9 Å². The zero-order valence-corrected chi connectivity index (χ0v) is 12.5. The number of rotatable bonds is 4. The molecule has 1 saturated heterocycles. The van der Waals surface area contributed by atoms with Crippen LogP contribution < -0.4 is 5.32 Å². The molecule has 0 radical (unpaired) electrons. The van der Waals surface area contributed by atoms with Gasteiger partial charge in [-0.3, -0.25) is 14.9 Å². The minimum Gasteiger partial charge on any atom is -0.480 e. The predicted molar refractivity (Wildman–Crippen MR) is 77.5 cm³/mol. The summed E-state index contributed by atoms with van der Waals surface area (Å²) in [5.41, 5.74) is 0.623. The number of nitrogens with one attached hydrogen (secondary N) is 1. The molecule has 0 aliphatic carbocycles. The Morgan fingerprint density at radius 1 is 1.19 bits per heavy atom. The molecule has 0 saturated carbocycles. The predicted octanol–water partition coefficient (Wildman–Crippen LogP) is 1.82. The molecule has 2 rings (SSSR count). The Morgan fingerprint density at radius 2 is 1.81 bits per heavy atom. The summed E-state index contributed by atoms with van der Waals surface area (Å²) in [7, 11) is 0. The molecule has 21 heavy (non-hydrogen) atoms. The molecule has 0 spiro atoms. The van der Waals surface area contributed by atoms with Gasteiger partial charge in [0, 0.05) is 5.92 Å². The van der Waals surface area contributed by atoms with E-state index in [2.05, 4.69) is 5.32 Å². The minimum absolute atomic E-state index is 0.201. The fraction of sp³-hybridized carbons (Fsp3) is 0.500. The van der Waals surface area contributed by atoms with E-state index < -0.39 is 24.0 Å². The van der Waals surface area contributed by atoms with Crippen LogP contribution in [0.4, 0.5) is 0 Å². The van der Waals surface area contributed by atoms with E-state index in [9.17, 15) is 9.59 Å². The molecule has 3 atom stereocenters. The Kier molecular flexibility index (Phi) is 4.32. The molecular formula is C16H21NO4. The maximum atomic E-state index is 12.1. The Balaban J connectivity index is 1.98. The molecule has 5 nitrogen and oxygen atoms in total. The van der Waals surface area contributed by atoms with Crippen LogP contribution in [0.3, 0.4) is 0 Å². The van der Waals surface area contributed by atoms with Gasteiger partial charge in [-0.1, -0.05) is 51.1 Å². The van der Waals surface area contributed by atoms with Gasteiger partial charge in [0.15, 0.2) is 0 Å². The van der Waals surface area contributed by atoms with Crippen LogP contribution in [-0.2, 0) is 20.9 Å². The number of carbonyl (C=O) groups excluding carboxylic acids is 1. The zero-order valence-electron chi connectivity index (χ0n) is 12.5. The number of ether oxygens (including phenoxy) is 1. The zero-order chi connectivity index (χ0) is 15.6. The van der Waals surface area contributed by atoms with Crippen molar-refractivity contribution in [3.8, 4) is 0 Å². The third-order valence-corrected chi connectivity index (χ3v) is 3.82. The SMILES string of the molecule is CC(C)(C)C1C(C(=O)O)NC1C(=O)OCc1ccccc1. The molecule has 1 heterocycles. The highest BCUT2D eigenvalue weighted by Gasteiger charge is 2.54. The average Bonchev–Trinajstić information content (AvgIpc) is 2.34. The van der Waals surface area contributed by atoms with E-state index in [1.54, 1.807) is 0 Å². The van der Waals surface area contributed by atoms with Crippen LogP contribution >= 0.6 is 0 Å². The molecule has 5 heteroatoms. The van der Waals surface area contributed by atoms with E-state index in [-0.39, 0.29) is 17.9 Å². The Hall–Kier alpha value is -1.88. The number of benzene rings is 1. The maximum Gasteiger partial charge on any atom is 0.323 e. The van der Waals surface area contributed by atoms with E-state index in [0.29, 0.717) is 0 Å². The van der Waals surface area contributed by atoms with Crippen molar-refractivity contribution in [1.82, 2.24) is 5.32 Å². The number of aliphatic carboxylic acids is 1. The first kappa shape index (κ1) is 15.5. The third-order valence-electron chi connectivity index (χ3n) is 3.82. The summed E-state index contributed by atoms with van der Waals surface area (Å²) >= 11 is 0. The number of carboxylic acids is 1. The van der Waals surface area contributed by atoms with Crippen molar-refractivity contribution in [1.29, 1.82) is 0 Å². The normalized spacial score (nSPS) is 25.0. The molecular weight excluding hydrogens is 270 g/mol. The minimum atomic E-state index is -0.929. The van der Waals surface area contributed by atoms with Crippen LogP contribution in [0, 0.1) is 11.3 Å². The highest BCUT2D eigenvalue weighted by molar-refractivity contribution is 5.84. The summed E-state index contributed by atoms with van der Waals surface area (Å²) in [5, 5.41) is 12.0. The molecule has 1 aliphatic heterocycles. The lowest BCUT2D eigenvalue weighted by atomic mass is 9.66. The molecule has 1 fully saturated rings. The van der Waals surface area contributed by atoms with Gasteiger partial charge in [-0.15, -0.1) is 0 Å². The first-order chi connectivity index (χ1) is 9.80. The Bertz CT molecular complexity index is 521. The fourth-order valence-corrected chi connectivity index (χ4v) is 2.73. The van der Waals surface area contributed by atoms with Crippen LogP contribution in [0.15, 0.2) is 30.3 Å². The van der Waals surface area contributed by atoms with Crippen molar-refractivity contribution < 1.29 is 19.4 Å². The smallest absolute Gasteiger partial charge is 0.323 e. The molecule has 1 aromatic carbocycles. The molecule has 114 valence electrons. The summed E-state index contributed by atoms with van der Waals surface area (Å²) in [6, 6.07) is 8.15. The largest absolute Gasteiger partial charge is 0.480 e. The fourth-order valence-electron chi connectivity index (χ4n) is 2.73. The molecule has 0 amide bonds. The molecule has 1 aliphatic rings. The average molecular weight is 291 g/mol. The molecule has 0 bridgehead atoms. The van der Waals surface area contributed by atoms with Crippen molar-refractivity contribution in [2.24, 2.45) is 11.3 Å². The molecule has 3 unspecified atom stereocenters. The second-order valence-corrected chi connectivity index (χ2v) is 6.45. The first-order valence-corrected chi connectivity index (χ1v) is 7.00. The number of carbonyl (C=O) groups is 2.